The molecule has 2 aromatic rings. The van der Waals surface area contributed by atoms with E-state index < -0.39 is 0 Å². The van der Waals surface area contributed by atoms with Crippen LogP contribution in [0.4, 0.5) is 0 Å². The van der Waals surface area contributed by atoms with Crippen LogP contribution in [0.1, 0.15) is 31.9 Å². The highest BCUT2D eigenvalue weighted by Crippen LogP contribution is 2.25. The van der Waals surface area contributed by atoms with Crippen molar-refractivity contribution in [3.63, 3.8) is 0 Å². The van der Waals surface area contributed by atoms with Gasteiger partial charge < -0.3 is 0 Å². The van der Waals surface area contributed by atoms with Crippen molar-refractivity contribution in [1.82, 2.24) is 4.98 Å². The summed E-state index contributed by atoms with van der Waals surface area (Å²) >= 11 is 0. The van der Waals surface area contributed by atoms with Crippen LogP contribution in [0, 0.1) is 6.92 Å². The molecule has 0 aliphatic rings. The molecule has 1 nitrogen and oxygen atoms in total. The lowest BCUT2D eigenvalue weighted by Gasteiger charge is -2.19. The Balaban J connectivity index is 2.36. The molecular weight excluding hydrogens is 206 g/mol. The fourth-order valence-electron chi connectivity index (χ4n) is 1.84. The Morgan fingerprint density at radius 2 is 1.59 bits per heavy atom. The molecule has 88 valence electrons. The summed E-state index contributed by atoms with van der Waals surface area (Å²) in [5.41, 5.74) is 5.04. The average molecular weight is 225 g/mol. The molecule has 0 bridgehead atoms. The van der Waals surface area contributed by atoms with E-state index in [4.69, 9.17) is 0 Å². The van der Waals surface area contributed by atoms with Crippen molar-refractivity contribution in [1.29, 1.82) is 0 Å². The van der Waals surface area contributed by atoms with Crippen LogP contribution in [0.5, 0.6) is 0 Å². The van der Waals surface area contributed by atoms with Crippen LogP contribution in [0.25, 0.3) is 11.3 Å². The third kappa shape index (κ3) is 2.73. The lowest BCUT2D eigenvalue weighted by molar-refractivity contribution is 0.590. The fraction of sp³-hybridized carbons (Fsp3) is 0.312. The SMILES string of the molecule is Cc1ccnc(-c2ccc(C(C)(C)C)cc2)c1. The van der Waals surface area contributed by atoms with Gasteiger partial charge in [0.15, 0.2) is 0 Å². The second-order valence-corrected chi connectivity index (χ2v) is 5.55. The zero-order valence-electron chi connectivity index (χ0n) is 11.0. The van der Waals surface area contributed by atoms with E-state index in [0.717, 1.165) is 5.69 Å². The molecule has 0 aliphatic carbocycles. The summed E-state index contributed by atoms with van der Waals surface area (Å²) in [6, 6.07) is 12.8. The summed E-state index contributed by atoms with van der Waals surface area (Å²) in [5.74, 6) is 0. The predicted octanol–water partition coefficient (Wildman–Crippen LogP) is 4.35. The van der Waals surface area contributed by atoms with Crippen LogP contribution in [-0.2, 0) is 5.41 Å². The van der Waals surface area contributed by atoms with Crippen LogP contribution >= 0.6 is 0 Å². The highest BCUT2D eigenvalue weighted by atomic mass is 14.7. The Kier molecular flexibility index (Phi) is 3.01. The molecule has 0 atom stereocenters. The van der Waals surface area contributed by atoms with E-state index in [-0.39, 0.29) is 5.41 Å². The fourth-order valence-corrected chi connectivity index (χ4v) is 1.84. The molecule has 0 saturated heterocycles. The first-order valence-electron chi connectivity index (χ1n) is 6.00. The molecular formula is C16H19N. The molecule has 0 fully saturated rings. The smallest absolute Gasteiger partial charge is 0.0704 e. The number of aryl methyl sites for hydroxylation is 1. The number of hydrogen-bond donors (Lipinski definition) is 0. The van der Waals surface area contributed by atoms with E-state index >= 15 is 0 Å². The quantitative estimate of drug-likeness (QED) is 0.703. The van der Waals surface area contributed by atoms with Gasteiger partial charge in [-0.2, -0.15) is 0 Å². The molecule has 0 amide bonds. The Labute approximate surface area is 104 Å². The summed E-state index contributed by atoms with van der Waals surface area (Å²) in [4.78, 5) is 4.40. The van der Waals surface area contributed by atoms with Crippen molar-refractivity contribution in [2.75, 3.05) is 0 Å². The monoisotopic (exact) mass is 225 g/mol. The highest BCUT2D eigenvalue weighted by Gasteiger charge is 2.13. The minimum absolute atomic E-state index is 0.207. The molecule has 0 radical (unpaired) electrons. The first-order chi connectivity index (χ1) is 7.97. The van der Waals surface area contributed by atoms with Crippen LogP contribution in [0.3, 0.4) is 0 Å². The van der Waals surface area contributed by atoms with E-state index in [1.165, 1.54) is 16.7 Å². The molecule has 0 unspecified atom stereocenters. The van der Waals surface area contributed by atoms with Crippen molar-refractivity contribution in [2.24, 2.45) is 0 Å². The Morgan fingerprint density at radius 1 is 0.941 bits per heavy atom. The lowest BCUT2D eigenvalue weighted by atomic mass is 9.86. The van der Waals surface area contributed by atoms with Crippen LogP contribution in [-0.4, -0.2) is 4.98 Å². The van der Waals surface area contributed by atoms with Crippen molar-refractivity contribution in [3.05, 3.63) is 53.7 Å². The Morgan fingerprint density at radius 3 is 2.12 bits per heavy atom. The van der Waals surface area contributed by atoms with Gasteiger partial charge in [-0.1, -0.05) is 45.0 Å². The number of aromatic nitrogens is 1. The van der Waals surface area contributed by atoms with Gasteiger partial charge >= 0.3 is 0 Å². The second-order valence-electron chi connectivity index (χ2n) is 5.55. The third-order valence-corrected chi connectivity index (χ3v) is 2.96. The topological polar surface area (TPSA) is 12.9 Å². The van der Waals surface area contributed by atoms with Gasteiger partial charge in [-0.25, -0.2) is 0 Å². The average Bonchev–Trinajstić information content (AvgIpc) is 2.28. The zero-order valence-corrected chi connectivity index (χ0v) is 11.0. The van der Waals surface area contributed by atoms with Crippen LogP contribution in [0.2, 0.25) is 0 Å². The molecule has 1 heterocycles. The summed E-state index contributed by atoms with van der Waals surface area (Å²) in [6.07, 6.45) is 1.86. The number of hydrogen-bond acceptors (Lipinski definition) is 1. The van der Waals surface area contributed by atoms with Crippen molar-refractivity contribution >= 4 is 0 Å². The van der Waals surface area contributed by atoms with Gasteiger partial charge in [0.2, 0.25) is 0 Å². The van der Waals surface area contributed by atoms with Gasteiger partial charge in [0.1, 0.15) is 0 Å². The van der Waals surface area contributed by atoms with E-state index in [9.17, 15) is 0 Å². The molecule has 0 aliphatic heterocycles. The van der Waals surface area contributed by atoms with Crippen molar-refractivity contribution in [2.45, 2.75) is 33.1 Å². The van der Waals surface area contributed by atoms with Gasteiger partial charge in [-0.05, 0) is 35.6 Å². The number of rotatable bonds is 1. The Hall–Kier alpha value is -1.63. The maximum absolute atomic E-state index is 4.40. The number of benzene rings is 1. The summed E-state index contributed by atoms with van der Waals surface area (Å²) < 4.78 is 0. The normalized spacial score (nSPS) is 11.5. The van der Waals surface area contributed by atoms with Crippen molar-refractivity contribution < 1.29 is 0 Å². The van der Waals surface area contributed by atoms with E-state index in [1.807, 2.05) is 12.3 Å². The molecule has 17 heavy (non-hydrogen) atoms. The minimum Gasteiger partial charge on any atom is -0.256 e. The molecule has 0 saturated carbocycles. The molecule has 1 aromatic heterocycles. The molecule has 2 rings (SSSR count). The maximum atomic E-state index is 4.40. The van der Waals surface area contributed by atoms with Gasteiger partial charge in [-0.3, -0.25) is 4.98 Å². The largest absolute Gasteiger partial charge is 0.256 e. The third-order valence-electron chi connectivity index (χ3n) is 2.96. The van der Waals surface area contributed by atoms with Gasteiger partial charge in [0.05, 0.1) is 5.69 Å². The first kappa shape index (κ1) is 11.8. The molecule has 0 spiro atoms. The summed E-state index contributed by atoms with van der Waals surface area (Å²) in [6.45, 7) is 8.78. The number of nitrogens with zero attached hydrogens (tertiary/aromatic N) is 1. The summed E-state index contributed by atoms with van der Waals surface area (Å²) in [7, 11) is 0. The van der Waals surface area contributed by atoms with Gasteiger partial charge in [0, 0.05) is 11.8 Å². The molecule has 1 aromatic carbocycles. The summed E-state index contributed by atoms with van der Waals surface area (Å²) in [5, 5.41) is 0. The van der Waals surface area contributed by atoms with E-state index in [1.54, 1.807) is 0 Å². The standard InChI is InChI=1S/C16H19N/c1-12-9-10-17-15(11-12)13-5-7-14(8-6-13)16(2,3)4/h5-11H,1-4H3. The Bertz CT molecular complexity index is 504. The molecule has 1 heteroatoms. The number of pyridine rings is 1. The second kappa shape index (κ2) is 4.33. The van der Waals surface area contributed by atoms with Crippen molar-refractivity contribution in [3.8, 4) is 11.3 Å². The highest BCUT2D eigenvalue weighted by molar-refractivity contribution is 5.60. The zero-order chi connectivity index (χ0) is 12.5. The van der Waals surface area contributed by atoms with E-state index in [0.29, 0.717) is 0 Å². The van der Waals surface area contributed by atoms with Crippen LogP contribution in [0.15, 0.2) is 42.6 Å². The first-order valence-corrected chi connectivity index (χ1v) is 6.00. The minimum atomic E-state index is 0.207. The predicted molar refractivity (Wildman–Crippen MR) is 73.1 cm³/mol. The van der Waals surface area contributed by atoms with Gasteiger partial charge in [0.25, 0.3) is 0 Å². The van der Waals surface area contributed by atoms with E-state index in [2.05, 4.69) is 63.0 Å². The van der Waals surface area contributed by atoms with Gasteiger partial charge in [-0.15, -0.1) is 0 Å². The van der Waals surface area contributed by atoms with Crippen LogP contribution < -0.4 is 0 Å². The maximum Gasteiger partial charge on any atom is 0.0704 e. The lowest BCUT2D eigenvalue weighted by Crippen LogP contribution is -2.10. The molecule has 0 N–H and O–H groups in total.